The average Bonchev–Trinajstić information content (AvgIpc) is 3.07. The molecule has 0 bridgehead atoms. The van der Waals surface area contributed by atoms with E-state index in [-0.39, 0.29) is 0 Å². The average molecular weight is 779 g/mol. The second kappa shape index (κ2) is 13.9. The van der Waals surface area contributed by atoms with Crippen molar-refractivity contribution in [3.63, 3.8) is 0 Å². The van der Waals surface area contributed by atoms with E-state index in [0.29, 0.717) is 24.3 Å². The molecule has 0 atom stereocenters. The van der Waals surface area contributed by atoms with Crippen LogP contribution < -0.4 is 21.2 Å². The molecule has 274 valence electrons. The molecule has 5 aromatic rings. The maximum atomic E-state index is 14.9. The Hall–Kier alpha value is -4.35. The molecular formula is C35H23F12NO2P2. The molecular weight excluding hydrogens is 756 g/mol. The number of benzene rings is 4. The van der Waals surface area contributed by atoms with E-state index in [4.69, 9.17) is 0 Å². The van der Waals surface area contributed by atoms with Crippen molar-refractivity contribution >= 4 is 35.5 Å². The number of hydrogen-bond acceptors (Lipinski definition) is 3. The fraction of sp³-hybridized carbons (Fsp3) is 0.171. The summed E-state index contributed by atoms with van der Waals surface area (Å²) in [7, 11) is -10.1. The van der Waals surface area contributed by atoms with Gasteiger partial charge in [-0.05, 0) is 36.4 Å². The van der Waals surface area contributed by atoms with E-state index >= 15 is 0 Å². The molecule has 1 aromatic heterocycles. The lowest BCUT2D eigenvalue weighted by atomic mass is 10.2. The van der Waals surface area contributed by atoms with Gasteiger partial charge in [-0.15, -0.1) is 0 Å². The van der Waals surface area contributed by atoms with Crippen molar-refractivity contribution < 1.29 is 61.8 Å². The molecule has 52 heavy (non-hydrogen) atoms. The number of alkyl halides is 12. The van der Waals surface area contributed by atoms with Crippen molar-refractivity contribution in [2.45, 2.75) is 37.0 Å². The summed E-state index contributed by atoms with van der Waals surface area (Å²) in [5, 5.41) is -3.96. The normalized spacial score (nSPS) is 13.3. The van der Waals surface area contributed by atoms with Crippen molar-refractivity contribution in [1.29, 1.82) is 0 Å². The standard InChI is InChI=1S/C35H23F12NO2P2/c36-32(37,38)24-12-1-5-16-28(24)51(49,29-17-6-2-13-25(29)33(39,40)41)20-22-10-9-11-23(48-22)21-52(50,30-18-7-3-14-26(30)34(42,43)44)31-19-8-4-15-27(31)35(45,46)47/h1-19H,20-21H2. The largest absolute Gasteiger partial charge is 0.417 e. The Balaban J connectivity index is 1.73. The Morgan fingerprint density at radius 1 is 0.365 bits per heavy atom. The number of halogens is 12. The topological polar surface area (TPSA) is 47.0 Å². The zero-order chi connectivity index (χ0) is 38.3. The monoisotopic (exact) mass is 779 g/mol. The minimum Gasteiger partial charge on any atom is -0.313 e. The molecule has 0 fully saturated rings. The highest BCUT2D eigenvalue weighted by atomic mass is 31.2. The summed E-state index contributed by atoms with van der Waals surface area (Å²) < 4.78 is 201. The van der Waals surface area contributed by atoms with Crippen LogP contribution in [-0.4, -0.2) is 4.98 Å². The lowest BCUT2D eigenvalue weighted by molar-refractivity contribution is -0.137. The molecule has 17 heteroatoms. The molecule has 5 rings (SSSR count). The van der Waals surface area contributed by atoms with Crippen molar-refractivity contribution in [2.75, 3.05) is 0 Å². The predicted molar refractivity (Wildman–Crippen MR) is 171 cm³/mol. The van der Waals surface area contributed by atoms with Gasteiger partial charge < -0.3 is 9.13 Å². The number of nitrogens with zero attached hydrogens (tertiary/aromatic N) is 1. The smallest absolute Gasteiger partial charge is 0.313 e. The molecule has 1 heterocycles. The summed E-state index contributed by atoms with van der Waals surface area (Å²) in [4.78, 5) is 4.14. The zero-order valence-electron chi connectivity index (χ0n) is 26.1. The van der Waals surface area contributed by atoms with Crippen molar-refractivity contribution in [3.05, 3.63) is 149 Å². The molecule has 0 amide bonds. The molecule has 0 aliphatic heterocycles. The first-order valence-electron chi connectivity index (χ1n) is 14.9. The van der Waals surface area contributed by atoms with Crippen LogP contribution in [0, 0.1) is 0 Å². The second-order valence-electron chi connectivity index (χ2n) is 11.5. The summed E-state index contributed by atoms with van der Waals surface area (Å²) >= 11 is 0. The Kier molecular flexibility index (Phi) is 10.4. The maximum absolute atomic E-state index is 14.9. The third kappa shape index (κ3) is 7.85. The molecule has 4 aromatic carbocycles. The highest BCUT2D eigenvalue weighted by Crippen LogP contribution is 2.54. The van der Waals surface area contributed by atoms with E-state index in [0.717, 1.165) is 91.0 Å². The molecule has 0 saturated heterocycles. The van der Waals surface area contributed by atoms with Crippen LogP contribution in [0.25, 0.3) is 0 Å². The second-order valence-corrected chi connectivity index (χ2v) is 17.0. The molecule has 0 spiro atoms. The van der Waals surface area contributed by atoms with E-state index < -0.39 is 106 Å². The summed E-state index contributed by atoms with van der Waals surface area (Å²) in [6, 6.07) is 16.4. The highest BCUT2D eigenvalue weighted by molar-refractivity contribution is 7.78. The molecule has 0 saturated carbocycles. The van der Waals surface area contributed by atoms with Gasteiger partial charge in [0, 0.05) is 32.6 Å². The molecule has 0 aliphatic carbocycles. The zero-order valence-corrected chi connectivity index (χ0v) is 27.9. The van der Waals surface area contributed by atoms with E-state index in [1.54, 1.807) is 0 Å². The van der Waals surface area contributed by atoms with Gasteiger partial charge in [0.25, 0.3) is 0 Å². The van der Waals surface area contributed by atoms with Crippen LogP contribution in [0.4, 0.5) is 52.7 Å². The van der Waals surface area contributed by atoms with Crippen LogP contribution >= 0.6 is 14.3 Å². The molecule has 0 radical (unpaired) electrons. The Labute approximate surface area is 288 Å². The van der Waals surface area contributed by atoms with Crippen molar-refractivity contribution in [1.82, 2.24) is 4.98 Å². The minimum absolute atomic E-state index is 0.436. The summed E-state index contributed by atoms with van der Waals surface area (Å²) in [5.74, 6) is 0. The van der Waals surface area contributed by atoms with Gasteiger partial charge in [0.2, 0.25) is 0 Å². The van der Waals surface area contributed by atoms with Gasteiger partial charge in [0.05, 0.1) is 34.6 Å². The third-order valence-electron chi connectivity index (χ3n) is 8.03. The van der Waals surface area contributed by atoms with Gasteiger partial charge in [-0.1, -0.05) is 78.9 Å². The minimum atomic E-state index is -5.18. The van der Waals surface area contributed by atoms with Crippen LogP contribution in [0.3, 0.4) is 0 Å². The lowest BCUT2D eigenvalue weighted by Crippen LogP contribution is -2.30. The number of hydrogen-bond donors (Lipinski definition) is 0. The fourth-order valence-corrected chi connectivity index (χ4v) is 12.0. The number of rotatable bonds is 8. The number of pyridine rings is 1. The van der Waals surface area contributed by atoms with Gasteiger partial charge in [-0.3, -0.25) is 4.98 Å². The van der Waals surface area contributed by atoms with Crippen LogP contribution in [0.15, 0.2) is 115 Å². The van der Waals surface area contributed by atoms with E-state index in [1.165, 1.54) is 0 Å². The predicted octanol–water partition coefficient (Wildman–Crippen LogP) is 10.2. The third-order valence-corrected chi connectivity index (χ3v) is 14.2. The van der Waals surface area contributed by atoms with Gasteiger partial charge >= 0.3 is 24.7 Å². The number of aromatic nitrogens is 1. The quantitative estimate of drug-likeness (QED) is 0.116. The van der Waals surface area contributed by atoms with Gasteiger partial charge in [-0.25, -0.2) is 0 Å². The van der Waals surface area contributed by atoms with E-state index in [9.17, 15) is 61.8 Å². The van der Waals surface area contributed by atoms with Gasteiger partial charge in [0.15, 0.2) is 0 Å². The first-order chi connectivity index (χ1) is 24.1. The summed E-state index contributed by atoms with van der Waals surface area (Å²) in [6.07, 6.45) is -22.9. The Bertz CT molecular complexity index is 1920. The Morgan fingerprint density at radius 3 is 0.827 bits per heavy atom. The van der Waals surface area contributed by atoms with Crippen LogP contribution in [-0.2, 0) is 46.2 Å². The molecule has 0 unspecified atom stereocenters. The highest BCUT2D eigenvalue weighted by Gasteiger charge is 2.46. The molecule has 0 N–H and O–H groups in total. The van der Waals surface area contributed by atoms with Crippen LogP contribution in [0.1, 0.15) is 33.6 Å². The first kappa shape index (κ1) is 38.9. The maximum Gasteiger partial charge on any atom is 0.417 e. The Morgan fingerprint density at radius 2 is 0.596 bits per heavy atom. The first-order valence-corrected chi connectivity index (χ1v) is 18.7. The summed E-state index contributed by atoms with van der Waals surface area (Å²) in [5.41, 5.74) is -6.86. The van der Waals surface area contributed by atoms with Crippen LogP contribution in [0.2, 0.25) is 0 Å². The summed E-state index contributed by atoms with van der Waals surface area (Å²) in [6.45, 7) is 0. The van der Waals surface area contributed by atoms with Crippen molar-refractivity contribution in [3.8, 4) is 0 Å². The SMILES string of the molecule is O=P(Cc1cccc(CP(=O)(c2ccccc2C(F)(F)F)c2ccccc2C(F)(F)F)n1)(c1ccccc1C(F)(F)F)c1ccccc1C(F)(F)F. The van der Waals surface area contributed by atoms with Crippen molar-refractivity contribution in [2.24, 2.45) is 0 Å². The van der Waals surface area contributed by atoms with Gasteiger partial charge in [-0.2, -0.15) is 52.7 Å². The molecule has 3 nitrogen and oxygen atoms in total. The van der Waals surface area contributed by atoms with Gasteiger partial charge in [0.1, 0.15) is 14.3 Å². The van der Waals surface area contributed by atoms with E-state index in [1.807, 2.05) is 0 Å². The van der Waals surface area contributed by atoms with Crippen LogP contribution in [0.5, 0.6) is 0 Å². The molecule has 0 aliphatic rings. The lowest BCUT2D eigenvalue weighted by Gasteiger charge is -2.26. The fourth-order valence-electron chi connectivity index (χ4n) is 5.88. The van der Waals surface area contributed by atoms with E-state index in [2.05, 4.69) is 4.98 Å².